The molecule has 0 amide bonds. The highest BCUT2D eigenvalue weighted by Crippen LogP contribution is 2.17. The normalized spacial score (nSPS) is 13.8. The Kier molecular flexibility index (Phi) is 5.02. The van der Waals surface area contributed by atoms with Crippen molar-refractivity contribution in [1.29, 1.82) is 0 Å². The van der Waals surface area contributed by atoms with Crippen LogP contribution in [0.1, 0.15) is 18.5 Å². The minimum atomic E-state index is 0.0251. The Balaban J connectivity index is 2.79. The first-order valence-electron chi connectivity index (χ1n) is 5.78. The second-order valence-electron chi connectivity index (χ2n) is 4.33. The molecule has 0 saturated carbocycles. The third-order valence-corrected chi connectivity index (χ3v) is 2.75. The first-order chi connectivity index (χ1) is 8.08. The van der Waals surface area contributed by atoms with E-state index >= 15 is 0 Å². The number of nitrogens with one attached hydrogen (secondary N) is 1. The van der Waals surface area contributed by atoms with E-state index in [9.17, 15) is 0 Å². The number of nitrogens with two attached hydrogens (primary N) is 1. The Morgan fingerprint density at radius 2 is 1.94 bits per heavy atom. The molecule has 1 aromatic carbocycles. The highest BCUT2D eigenvalue weighted by Gasteiger charge is 2.11. The third-order valence-electron chi connectivity index (χ3n) is 2.75. The molecule has 1 aromatic rings. The van der Waals surface area contributed by atoms with Crippen LogP contribution in [-0.2, 0) is 0 Å². The van der Waals surface area contributed by atoms with Gasteiger partial charge in [-0.25, -0.2) is 0 Å². The van der Waals surface area contributed by atoms with Gasteiger partial charge in [0.05, 0.1) is 6.04 Å². The van der Waals surface area contributed by atoms with E-state index in [1.165, 1.54) is 11.3 Å². The lowest BCUT2D eigenvalue weighted by atomic mass is 10.1. The predicted octanol–water partition coefficient (Wildman–Crippen LogP) is 1.36. The molecule has 0 aromatic heterocycles. The Labute approximate surface area is 104 Å². The molecule has 3 N–H and O–H groups in total. The molecule has 92 valence electrons. The molecule has 0 saturated heterocycles. The maximum Gasteiger partial charge on any atom is 0.0663 e. The lowest BCUT2D eigenvalue weighted by Crippen LogP contribution is -2.34. The zero-order chi connectivity index (χ0) is 12.8. The second-order valence-corrected chi connectivity index (χ2v) is 4.33. The first-order valence-corrected chi connectivity index (χ1v) is 5.78. The maximum atomic E-state index is 5.76. The van der Waals surface area contributed by atoms with Crippen LogP contribution >= 0.6 is 0 Å². The summed E-state index contributed by atoms with van der Waals surface area (Å²) in [5.74, 6) is 2.65. The van der Waals surface area contributed by atoms with Crippen LogP contribution in [0.2, 0.25) is 0 Å². The van der Waals surface area contributed by atoms with Crippen LogP contribution in [0.5, 0.6) is 0 Å². The van der Waals surface area contributed by atoms with Crippen LogP contribution in [-0.4, -0.2) is 26.7 Å². The number of benzene rings is 1. The molecule has 3 heteroatoms. The van der Waals surface area contributed by atoms with Gasteiger partial charge < -0.3 is 10.6 Å². The summed E-state index contributed by atoms with van der Waals surface area (Å²) in [6.07, 6.45) is 5.36. The van der Waals surface area contributed by atoms with Crippen molar-refractivity contribution < 1.29 is 0 Å². The molecule has 0 radical (unpaired) electrons. The van der Waals surface area contributed by atoms with Gasteiger partial charge in [-0.1, -0.05) is 18.1 Å². The molecular weight excluding hydrogens is 210 g/mol. The number of anilines is 1. The minimum Gasteiger partial charge on any atom is -0.378 e. The van der Waals surface area contributed by atoms with Gasteiger partial charge >= 0.3 is 0 Å². The Hall–Kier alpha value is -1.50. The zero-order valence-electron chi connectivity index (χ0n) is 10.8. The van der Waals surface area contributed by atoms with E-state index in [-0.39, 0.29) is 12.1 Å². The standard InChI is InChI=1S/C14H21N3/c1-5-11(2)16-14(10-15)12-6-8-13(9-7-12)17(3)4/h1,6-9,11,14,16H,10,15H2,2-4H3. The molecule has 0 spiro atoms. The summed E-state index contributed by atoms with van der Waals surface area (Å²) >= 11 is 0. The number of terminal acetylenes is 1. The van der Waals surface area contributed by atoms with E-state index in [2.05, 4.69) is 40.4 Å². The largest absolute Gasteiger partial charge is 0.378 e. The summed E-state index contributed by atoms with van der Waals surface area (Å²) in [5.41, 5.74) is 8.11. The second kappa shape index (κ2) is 6.29. The Morgan fingerprint density at radius 1 is 1.35 bits per heavy atom. The zero-order valence-corrected chi connectivity index (χ0v) is 10.8. The summed E-state index contributed by atoms with van der Waals surface area (Å²) in [6.45, 7) is 2.49. The molecule has 3 nitrogen and oxygen atoms in total. The van der Waals surface area contributed by atoms with Crippen molar-refractivity contribution in [2.45, 2.75) is 19.0 Å². The Bertz CT molecular complexity index is 375. The van der Waals surface area contributed by atoms with E-state index in [0.717, 1.165) is 0 Å². The van der Waals surface area contributed by atoms with Crippen LogP contribution in [0.25, 0.3) is 0 Å². The van der Waals surface area contributed by atoms with Crippen LogP contribution in [0.3, 0.4) is 0 Å². The van der Waals surface area contributed by atoms with Gasteiger partial charge in [0, 0.05) is 32.4 Å². The number of hydrogen-bond acceptors (Lipinski definition) is 3. The van der Waals surface area contributed by atoms with Crippen LogP contribution in [0.4, 0.5) is 5.69 Å². The van der Waals surface area contributed by atoms with Crippen molar-refractivity contribution in [3.05, 3.63) is 29.8 Å². The van der Waals surface area contributed by atoms with Crippen molar-refractivity contribution in [3.8, 4) is 12.3 Å². The fourth-order valence-corrected chi connectivity index (χ4v) is 1.66. The van der Waals surface area contributed by atoms with E-state index in [4.69, 9.17) is 12.2 Å². The molecule has 1 rings (SSSR count). The molecule has 0 aliphatic rings. The third kappa shape index (κ3) is 3.77. The molecule has 0 aliphatic carbocycles. The molecule has 0 fully saturated rings. The quantitative estimate of drug-likeness (QED) is 0.752. The summed E-state index contributed by atoms with van der Waals surface area (Å²) in [6, 6.07) is 8.47. The number of rotatable bonds is 5. The average Bonchev–Trinajstić information content (AvgIpc) is 2.35. The molecule has 0 aliphatic heterocycles. The average molecular weight is 231 g/mol. The smallest absolute Gasteiger partial charge is 0.0663 e. The topological polar surface area (TPSA) is 41.3 Å². The van der Waals surface area contributed by atoms with Gasteiger partial charge in [0.2, 0.25) is 0 Å². The van der Waals surface area contributed by atoms with E-state index < -0.39 is 0 Å². The molecule has 0 bridgehead atoms. The van der Waals surface area contributed by atoms with Gasteiger partial charge in [0.25, 0.3) is 0 Å². The Morgan fingerprint density at radius 3 is 2.35 bits per heavy atom. The van der Waals surface area contributed by atoms with Crippen LogP contribution < -0.4 is 16.0 Å². The highest BCUT2D eigenvalue weighted by molar-refractivity contribution is 5.46. The lowest BCUT2D eigenvalue weighted by molar-refractivity contribution is 0.518. The summed E-state index contributed by atoms with van der Waals surface area (Å²) < 4.78 is 0. The van der Waals surface area contributed by atoms with Gasteiger partial charge in [-0.2, -0.15) is 0 Å². The molecule has 2 unspecified atom stereocenters. The van der Waals surface area contributed by atoms with Gasteiger partial charge in [0.1, 0.15) is 0 Å². The van der Waals surface area contributed by atoms with E-state index in [1.807, 2.05) is 21.0 Å². The van der Waals surface area contributed by atoms with Crippen LogP contribution in [0.15, 0.2) is 24.3 Å². The van der Waals surface area contributed by atoms with Gasteiger partial charge in [0.15, 0.2) is 0 Å². The monoisotopic (exact) mass is 231 g/mol. The van der Waals surface area contributed by atoms with Gasteiger partial charge in [-0.05, 0) is 24.6 Å². The fourth-order valence-electron chi connectivity index (χ4n) is 1.66. The number of hydrogen-bond donors (Lipinski definition) is 2. The van der Waals surface area contributed by atoms with E-state index in [1.54, 1.807) is 0 Å². The van der Waals surface area contributed by atoms with E-state index in [0.29, 0.717) is 6.54 Å². The predicted molar refractivity (Wildman–Crippen MR) is 74.0 cm³/mol. The maximum absolute atomic E-state index is 5.76. The lowest BCUT2D eigenvalue weighted by Gasteiger charge is -2.20. The summed E-state index contributed by atoms with van der Waals surface area (Å²) in [4.78, 5) is 2.07. The molecule has 0 heterocycles. The summed E-state index contributed by atoms with van der Waals surface area (Å²) in [7, 11) is 4.04. The molecule has 17 heavy (non-hydrogen) atoms. The molecular formula is C14H21N3. The van der Waals surface area contributed by atoms with Crippen LogP contribution in [0, 0.1) is 12.3 Å². The highest BCUT2D eigenvalue weighted by atomic mass is 15.1. The fraction of sp³-hybridized carbons (Fsp3) is 0.429. The minimum absolute atomic E-state index is 0.0251. The number of nitrogens with zero attached hydrogens (tertiary/aromatic N) is 1. The SMILES string of the molecule is C#CC(C)NC(CN)c1ccc(N(C)C)cc1. The van der Waals surface area contributed by atoms with Crippen molar-refractivity contribution >= 4 is 5.69 Å². The van der Waals surface area contributed by atoms with Crippen molar-refractivity contribution in [3.63, 3.8) is 0 Å². The van der Waals surface area contributed by atoms with Gasteiger partial charge in [-0.15, -0.1) is 6.42 Å². The van der Waals surface area contributed by atoms with Crippen molar-refractivity contribution in [2.24, 2.45) is 5.73 Å². The van der Waals surface area contributed by atoms with Gasteiger partial charge in [-0.3, -0.25) is 5.32 Å². The van der Waals surface area contributed by atoms with Crippen molar-refractivity contribution in [2.75, 3.05) is 25.5 Å². The van der Waals surface area contributed by atoms with Crippen molar-refractivity contribution in [1.82, 2.24) is 5.32 Å². The first kappa shape index (κ1) is 13.6. The summed E-state index contributed by atoms with van der Waals surface area (Å²) in [5, 5.41) is 3.31. The molecule has 2 atom stereocenters.